The SMILES string of the molecule is O=C(Nc1ccc([N+](=O)[O-])cc1)NC1(NC(=O)Nc2ccc([N+](=O)[O-])cc2)C(=O)Nc2ccccc21. The minimum atomic E-state index is -2.02. The third-order valence-electron chi connectivity index (χ3n) is 5.19. The number of carbonyl (C=O) groups is 3. The molecular weight excluding hydrogens is 474 g/mol. The second-order valence-electron chi connectivity index (χ2n) is 7.52. The number of nitrogens with zero attached hydrogens (tertiary/aromatic N) is 2. The maximum Gasteiger partial charge on any atom is 0.321 e. The first-order chi connectivity index (χ1) is 17.2. The van der Waals surface area contributed by atoms with E-state index in [4.69, 9.17) is 0 Å². The van der Waals surface area contributed by atoms with Crippen LogP contribution in [0, 0.1) is 20.2 Å². The topological polar surface area (TPSA) is 198 Å². The summed E-state index contributed by atoms with van der Waals surface area (Å²) < 4.78 is 0. The van der Waals surface area contributed by atoms with Crippen LogP contribution in [0.15, 0.2) is 72.8 Å². The predicted molar refractivity (Wildman–Crippen MR) is 127 cm³/mol. The molecule has 0 saturated carbocycles. The smallest absolute Gasteiger partial charge is 0.321 e. The molecule has 1 aliphatic heterocycles. The van der Waals surface area contributed by atoms with Gasteiger partial charge >= 0.3 is 12.1 Å². The number of fused-ring (bicyclic) bond motifs is 1. The van der Waals surface area contributed by atoms with Crippen LogP contribution in [0.2, 0.25) is 0 Å². The minimum absolute atomic E-state index is 0.175. The van der Waals surface area contributed by atoms with Crippen molar-refractivity contribution in [3.63, 3.8) is 0 Å². The third kappa shape index (κ3) is 4.72. The van der Waals surface area contributed by atoms with E-state index in [1.165, 1.54) is 54.6 Å². The summed E-state index contributed by atoms with van der Waals surface area (Å²) in [5, 5.41) is 34.1. The Morgan fingerprint density at radius 1 is 0.722 bits per heavy atom. The Kier molecular flexibility index (Phi) is 6.15. The van der Waals surface area contributed by atoms with Crippen molar-refractivity contribution in [2.24, 2.45) is 0 Å². The standard InChI is InChI=1S/C22H17N7O7/c30-19-22(17-3-1-2-4-18(17)25-19,26-20(31)23-13-5-9-15(10-6-13)28(33)34)27-21(32)24-14-7-11-16(12-8-14)29(35)36/h1-12H,(H,25,30)(H2,23,26,31)(H2,24,27,32). The molecule has 182 valence electrons. The Labute approximate surface area is 202 Å². The lowest BCUT2D eigenvalue weighted by Crippen LogP contribution is -2.63. The fourth-order valence-corrected chi connectivity index (χ4v) is 3.54. The van der Waals surface area contributed by atoms with Gasteiger partial charge in [-0.15, -0.1) is 0 Å². The van der Waals surface area contributed by atoms with Crippen LogP contribution in [0.5, 0.6) is 0 Å². The van der Waals surface area contributed by atoms with Crippen LogP contribution in [0.1, 0.15) is 5.56 Å². The van der Waals surface area contributed by atoms with E-state index in [2.05, 4.69) is 26.6 Å². The summed E-state index contributed by atoms with van der Waals surface area (Å²) >= 11 is 0. The summed E-state index contributed by atoms with van der Waals surface area (Å²) in [5.74, 6) is -0.749. The van der Waals surface area contributed by atoms with Crippen LogP contribution in [0.3, 0.4) is 0 Å². The van der Waals surface area contributed by atoms with Crippen molar-refractivity contribution in [2.45, 2.75) is 5.66 Å². The Morgan fingerprint density at radius 3 is 1.61 bits per heavy atom. The molecule has 14 nitrogen and oxygen atoms in total. The number of rotatable bonds is 6. The summed E-state index contributed by atoms with van der Waals surface area (Å²) in [7, 11) is 0. The minimum Gasteiger partial charge on any atom is -0.322 e. The highest BCUT2D eigenvalue weighted by molar-refractivity contribution is 6.10. The summed E-state index contributed by atoms with van der Waals surface area (Å²) in [6.07, 6.45) is 0. The van der Waals surface area contributed by atoms with Crippen LogP contribution in [0.4, 0.5) is 38.0 Å². The van der Waals surface area contributed by atoms with E-state index in [1.807, 2.05) is 0 Å². The van der Waals surface area contributed by atoms with Gasteiger partial charge in [0.2, 0.25) is 5.66 Å². The Hall–Kier alpha value is -5.53. The first-order valence-corrected chi connectivity index (χ1v) is 10.3. The zero-order valence-electron chi connectivity index (χ0n) is 18.2. The van der Waals surface area contributed by atoms with Gasteiger partial charge in [0.05, 0.1) is 9.85 Å². The van der Waals surface area contributed by atoms with Gasteiger partial charge in [-0.25, -0.2) is 9.59 Å². The summed E-state index contributed by atoms with van der Waals surface area (Å²) in [4.78, 5) is 59.1. The zero-order chi connectivity index (χ0) is 25.9. The number of urea groups is 2. The summed E-state index contributed by atoms with van der Waals surface area (Å²) in [5.41, 5.74) is -1.35. The van der Waals surface area contributed by atoms with Crippen molar-refractivity contribution in [1.82, 2.24) is 10.6 Å². The number of benzene rings is 3. The van der Waals surface area contributed by atoms with Gasteiger partial charge in [-0.3, -0.25) is 25.0 Å². The Morgan fingerprint density at radius 2 is 1.17 bits per heavy atom. The van der Waals surface area contributed by atoms with Gasteiger partial charge in [0.25, 0.3) is 17.3 Å². The average molecular weight is 491 g/mol. The van der Waals surface area contributed by atoms with Crippen molar-refractivity contribution < 1.29 is 24.2 Å². The number of amides is 5. The molecule has 0 unspecified atom stereocenters. The molecule has 3 aromatic rings. The maximum atomic E-state index is 13.0. The number of hydrogen-bond donors (Lipinski definition) is 5. The van der Waals surface area contributed by atoms with Crippen LogP contribution >= 0.6 is 0 Å². The number of nitrogens with one attached hydrogen (secondary N) is 5. The highest BCUT2D eigenvalue weighted by Gasteiger charge is 2.49. The molecule has 0 saturated heterocycles. The molecule has 1 heterocycles. The lowest BCUT2D eigenvalue weighted by molar-refractivity contribution is -0.385. The molecule has 0 spiro atoms. The molecule has 36 heavy (non-hydrogen) atoms. The van der Waals surface area contributed by atoms with E-state index in [9.17, 15) is 34.6 Å². The van der Waals surface area contributed by atoms with Crippen LogP contribution in [-0.2, 0) is 10.5 Å². The number of para-hydroxylation sites is 1. The quantitative estimate of drug-likeness (QED) is 0.198. The van der Waals surface area contributed by atoms with E-state index in [1.54, 1.807) is 18.2 Å². The third-order valence-corrected chi connectivity index (χ3v) is 5.19. The van der Waals surface area contributed by atoms with Crippen molar-refractivity contribution in [3.8, 4) is 0 Å². The van der Waals surface area contributed by atoms with Gasteiger partial charge in [0, 0.05) is 46.9 Å². The van der Waals surface area contributed by atoms with E-state index < -0.39 is 33.5 Å². The second kappa shape index (κ2) is 9.38. The Bertz CT molecular complexity index is 1300. The molecule has 0 aromatic heterocycles. The predicted octanol–water partition coefficient (Wildman–Crippen LogP) is 3.25. The van der Waals surface area contributed by atoms with Gasteiger partial charge in [0.15, 0.2) is 0 Å². The average Bonchev–Trinajstić information content (AvgIpc) is 3.10. The van der Waals surface area contributed by atoms with E-state index in [0.717, 1.165) is 0 Å². The number of nitro groups is 2. The first-order valence-electron chi connectivity index (χ1n) is 10.3. The number of non-ortho nitro benzene ring substituents is 2. The van der Waals surface area contributed by atoms with Crippen LogP contribution < -0.4 is 26.6 Å². The van der Waals surface area contributed by atoms with E-state index in [-0.39, 0.29) is 28.3 Å². The Balaban J connectivity index is 1.56. The zero-order valence-corrected chi connectivity index (χ0v) is 18.2. The molecule has 0 aliphatic carbocycles. The molecule has 5 amide bonds. The van der Waals surface area contributed by atoms with Gasteiger partial charge in [-0.05, 0) is 30.3 Å². The molecule has 0 bridgehead atoms. The fraction of sp³-hybridized carbons (Fsp3) is 0.0455. The van der Waals surface area contributed by atoms with Crippen molar-refractivity contribution in [1.29, 1.82) is 0 Å². The van der Waals surface area contributed by atoms with E-state index in [0.29, 0.717) is 5.69 Å². The van der Waals surface area contributed by atoms with Crippen molar-refractivity contribution in [2.75, 3.05) is 16.0 Å². The molecule has 0 atom stereocenters. The number of carbonyl (C=O) groups excluding carboxylic acids is 3. The van der Waals surface area contributed by atoms with Gasteiger partial charge < -0.3 is 26.6 Å². The number of hydrogen-bond acceptors (Lipinski definition) is 7. The molecule has 4 rings (SSSR count). The molecule has 0 fully saturated rings. The largest absolute Gasteiger partial charge is 0.322 e. The summed E-state index contributed by atoms with van der Waals surface area (Å²) in [6, 6.07) is 14.6. The van der Waals surface area contributed by atoms with Gasteiger partial charge in [-0.1, -0.05) is 18.2 Å². The lowest BCUT2D eigenvalue weighted by Gasteiger charge is -2.29. The fourth-order valence-electron chi connectivity index (χ4n) is 3.54. The van der Waals surface area contributed by atoms with Gasteiger partial charge in [-0.2, -0.15) is 0 Å². The van der Waals surface area contributed by atoms with Crippen LogP contribution in [0.25, 0.3) is 0 Å². The highest BCUT2D eigenvalue weighted by atomic mass is 16.6. The van der Waals surface area contributed by atoms with Crippen LogP contribution in [-0.4, -0.2) is 27.8 Å². The second-order valence-corrected chi connectivity index (χ2v) is 7.52. The molecule has 14 heteroatoms. The lowest BCUT2D eigenvalue weighted by atomic mass is 10.0. The van der Waals surface area contributed by atoms with Gasteiger partial charge in [0.1, 0.15) is 0 Å². The molecule has 3 aromatic carbocycles. The highest BCUT2D eigenvalue weighted by Crippen LogP contribution is 2.34. The molecule has 5 N–H and O–H groups in total. The normalized spacial score (nSPS) is 13.1. The van der Waals surface area contributed by atoms with E-state index >= 15 is 0 Å². The molecule has 1 aliphatic rings. The van der Waals surface area contributed by atoms with Crippen molar-refractivity contribution >= 4 is 46.4 Å². The molecule has 0 radical (unpaired) electrons. The first kappa shape index (κ1) is 23.6. The molecular formula is C22H17N7O7. The summed E-state index contributed by atoms with van der Waals surface area (Å²) in [6.45, 7) is 0. The monoisotopic (exact) mass is 491 g/mol. The maximum absolute atomic E-state index is 13.0. The van der Waals surface area contributed by atoms with Crippen molar-refractivity contribution in [3.05, 3.63) is 98.6 Å². The number of nitro benzene ring substituents is 2. The number of anilines is 3.